The maximum absolute atomic E-state index is 10.6. The lowest BCUT2D eigenvalue weighted by Gasteiger charge is -2.26. The van der Waals surface area contributed by atoms with Crippen molar-refractivity contribution in [3.63, 3.8) is 0 Å². The third-order valence-corrected chi connectivity index (χ3v) is 4.65. The zero-order chi connectivity index (χ0) is 16.0. The molecule has 1 unspecified atom stereocenters. The summed E-state index contributed by atoms with van der Waals surface area (Å²) in [4.78, 5) is 0. The first-order valence-corrected chi connectivity index (χ1v) is 8.37. The third-order valence-electron chi connectivity index (χ3n) is 4.65. The first kappa shape index (κ1) is 17.3. The Morgan fingerprint density at radius 2 is 1.91 bits per heavy atom. The highest BCUT2D eigenvalue weighted by Gasteiger charge is 2.29. The zero-order valence-electron chi connectivity index (χ0n) is 13.5. The van der Waals surface area contributed by atoms with Crippen LogP contribution in [0.2, 0.25) is 0 Å². The Kier molecular flexibility index (Phi) is 6.24. The van der Waals surface area contributed by atoms with Crippen molar-refractivity contribution in [2.75, 3.05) is 13.2 Å². The van der Waals surface area contributed by atoms with E-state index >= 15 is 0 Å². The molecule has 0 spiro atoms. The summed E-state index contributed by atoms with van der Waals surface area (Å²) >= 11 is 0. The van der Waals surface area contributed by atoms with E-state index in [0.717, 1.165) is 31.2 Å². The molecular weight excluding hydrogens is 278 g/mol. The molecule has 124 valence electrons. The van der Waals surface area contributed by atoms with E-state index in [4.69, 9.17) is 10.5 Å². The van der Waals surface area contributed by atoms with Crippen LogP contribution in [0.15, 0.2) is 24.3 Å². The van der Waals surface area contributed by atoms with Gasteiger partial charge < -0.3 is 20.7 Å². The minimum atomic E-state index is -0.713. The summed E-state index contributed by atoms with van der Waals surface area (Å²) in [5, 5.41) is 20.9. The average molecular weight is 307 g/mol. The fourth-order valence-electron chi connectivity index (χ4n) is 2.99. The van der Waals surface area contributed by atoms with Gasteiger partial charge in [-0.3, -0.25) is 0 Å². The molecule has 4 N–H and O–H groups in total. The summed E-state index contributed by atoms with van der Waals surface area (Å²) in [5.41, 5.74) is 5.71. The highest BCUT2D eigenvalue weighted by molar-refractivity contribution is 5.30. The quantitative estimate of drug-likeness (QED) is 0.706. The largest absolute Gasteiger partial charge is 0.491 e. The van der Waals surface area contributed by atoms with E-state index in [1.165, 1.54) is 12.8 Å². The summed E-state index contributed by atoms with van der Waals surface area (Å²) in [6.45, 7) is 2.68. The molecule has 0 heterocycles. The highest BCUT2D eigenvalue weighted by Crippen LogP contribution is 2.29. The summed E-state index contributed by atoms with van der Waals surface area (Å²) in [7, 11) is 0. The lowest BCUT2D eigenvalue weighted by Crippen LogP contribution is -2.35. The molecule has 1 aliphatic carbocycles. The third kappa shape index (κ3) is 4.70. The number of ether oxygens (including phenoxy) is 1. The van der Waals surface area contributed by atoms with E-state index in [9.17, 15) is 10.2 Å². The normalized spacial score (nSPS) is 20.9. The standard InChI is InChI=1S/C18H29NO3/c1-14(12-19)17(20)15-7-6-8-16(11-15)22-13-18(21)9-4-2-3-5-10-18/h6-8,11,14,17,20-21H,2-5,9-10,12-13,19H2,1H3/t14-,17?/m1/s1. The second-order valence-corrected chi connectivity index (χ2v) is 6.66. The second-order valence-electron chi connectivity index (χ2n) is 6.66. The molecule has 0 bridgehead atoms. The fraction of sp³-hybridized carbons (Fsp3) is 0.667. The SMILES string of the molecule is C[C@H](CN)C(O)c1cccc(OCC2(O)CCCCCC2)c1. The van der Waals surface area contributed by atoms with Crippen molar-refractivity contribution < 1.29 is 14.9 Å². The molecule has 4 heteroatoms. The highest BCUT2D eigenvalue weighted by atomic mass is 16.5. The van der Waals surface area contributed by atoms with Crippen molar-refractivity contribution in [3.8, 4) is 5.75 Å². The first-order chi connectivity index (χ1) is 10.5. The van der Waals surface area contributed by atoms with Gasteiger partial charge in [0.15, 0.2) is 0 Å². The first-order valence-electron chi connectivity index (χ1n) is 8.37. The van der Waals surface area contributed by atoms with E-state index < -0.39 is 11.7 Å². The van der Waals surface area contributed by atoms with Gasteiger partial charge in [0, 0.05) is 0 Å². The van der Waals surface area contributed by atoms with Crippen molar-refractivity contribution in [3.05, 3.63) is 29.8 Å². The predicted molar refractivity (Wildman–Crippen MR) is 87.8 cm³/mol. The van der Waals surface area contributed by atoms with Gasteiger partial charge in [-0.25, -0.2) is 0 Å². The number of hydrogen-bond donors (Lipinski definition) is 3. The number of aliphatic hydroxyl groups excluding tert-OH is 1. The van der Waals surface area contributed by atoms with Crippen LogP contribution >= 0.6 is 0 Å². The predicted octanol–water partition coefficient (Wildman–Crippen LogP) is 2.78. The maximum Gasteiger partial charge on any atom is 0.119 e. The Morgan fingerprint density at radius 3 is 2.55 bits per heavy atom. The summed E-state index contributed by atoms with van der Waals surface area (Å²) < 4.78 is 5.82. The van der Waals surface area contributed by atoms with Gasteiger partial charge in [0.05, 0.1) is 11.7 Å². The molecular formula is C18H29NO3. The fourth-order valence-corrected chi connectivity index (χ4v) is 2.99. The molecule has 1 fully saturated rings. The van der Waals surface area contributed by atoms with Crippen molar-refractivity contribution in [1.82, 2.24) is 0 Å². The van der Waals surface area contributed by atoms with Gasteiger partial charge in [-0.15, -0.1) is 0 Å². The van der Waals surface area contributed by atoms with E-state index in [1.807, 2.05) is 31.2 Å². The van der Waals surface area contributed by atoms with Gasteiger partial charge in [-0.05, 0) is 43.0 Å². The number of benzene rings is 1. The van der Waals surface area contributed by atoms with Gasteiger partial charge in [0.25, 0.3) is 0 Å². The zero-order valence-corrected chi connectivity index (χ0v) is 13.5. The molecule has 0 amide bonds. The molecule has 1 aromatic carbocycles. The van der Waals surface area contributed by atoms with Gasteiger partial charge >= 0.3 is 0 Å². The van der Waals surface area contributed by atoms with E-state index in [-0.39, 0.29) is 5.92 Å². The molecule has 0 saturated heterocycles. The second kappa shape index (κ2) is 7.95. The number of nitrogens with two attached hydrogens (primary N) is 1. The topological polar surface area (TPSA) is 75.7 Å². The van der Waals surface area contributed by atoms with Crippen LogP contribution in [-0.2, 0) is 0 Å². The smallest absolute Gasteiger partial charge is 0.119 e. The molecule has 1 saturated carbocycles. The van der Waals surface area contributed by atoms with Crippen LogP contribution in [0.5, 0.6) is 5.75 Å². The monoisotopic (exact) mass is 307 g/mol. The number of aliphatic hydroxyl groups is 2. The molecule has 2 rings (SSSR count). The van der Waals surface area contributed by atoms with Crippen LogP contribution in [0.4, 0.5) is 0 Å². The van der Waals surface area contributed by atoms with E-state index in [1.54, 1.807) is 0 Å². The van der Waals surface area contributed by atoms with Crippen molar-refractivity contribution in [2.45, 2.75) is 57.2 Å². The Labute approximate surface area is 133 Å². The van der Waals surface area contributed by atoms with E-state index in [0.29, 0.717) is 18.9 Å². The molecule has 0 aromatic heterocycles. The van der Waals surface area contributed by atoms with Crippen LogP contribution in [0.25, 0.3) is 0 Å². The average Bonchev–Trinajstić information content (AvgIpc) is 2.77. The number of rotatable bonds is 6. The van der Waals surface area contributed by atoms with Crippen LogP contribution in [0, 0.1) is 5.92 Å². The molecule has 1 aliphatic rings. The Morgan fingerprint density at radius 1 is 1.23 bits per heavy atom. The van der Waals surface area contributed by atoms with Gasteiger partial charge in [0.2, 0.25) is 0 Å². The van der Waals surface area contributed by atoms with Crippen LogP contribution in [0.3, 0.4) is 0 Å². The summed E-state index contributed by atoms with van der Waals surface area (Å²) in [5.74, 6) is 0.694. The molecule has 22 heavy (non-hydrogen) atoms. The molecule has 4 nitrogen and oxygen atoms in total. The van der Waals surface area contributed by atoms with Crippen molar-refractivity contribution >= 4 is 0 Å². The molecule has 0 aliphatic heterocycles. The lowest BCUT2D eigenvalue weighted by molar-refractivity contribution is -0.0174. The Balaban J connectivity index is 1.98. The van der Waals surface area contributed by atoms with Crippen molar-refractivity contribution in [1.29, 1.82) is 0 Å². The summed E-state index contributed by atoms with van der Waals surface area (Å²) in [6, 6.07) is 7.46. The van der Waals surface area contributed by atoms with Crippen molar-refractivity contribution in [2.24, 2.45) is 11.7 Å². The Hall–Kier alpha value is -1.10. The van der Waals surface area contributed by atoms with Gasteiger partial charge in [-0.2, -0.15) is 0 Å². The van der Waals surface area contributed by atoms with Gasteiger partial charge in [0.1, 0.15) is 12.4 Å². The Bertz CT molecular complexity index is 455. The number of hydrogen-bond acceptors (Lipinski definition) is 4. The molecule has 2 atom stereocenters. The minimum Gasteiger partial charge on any atom is -0.491 e. The lowest BCUT2D eigenvalue weighted by atomic mass is 9.95. The van der Waals surface area contributed by atoms with Crippen LogP contribution in [0.1, 0.15) is 57.1 Å². The maximum atomic E-state index is 10.6. The molecule has 1 aromatic rings. The molecule has 0 radical (unpaired) electrons. The van der Waals surface area contributed by atoms with E-state index in [2.05, 4.69) is 0 Å². The minimum absolute atomic E-state index is 0.00120. The van der Waals surface area contributed by atoms with Crippen LogP contribution in [-0.4, -0.2) is 29.0 Å². The summed E-state index contributed by atoms with van der Waals surface area (Å²) in [6.07, 6.45) is 5.54. The van der Waals surface area contributed by atoms with Gasteiger partial charge in [-0.1, -0.05) is 44.7 Å². The van der Waals surface area contributed by atoms with Crippen LogP contribution < -0.4 is 10.5 Å².